The maximum atomic E-state index is 2.64. The van der Waals surface area contributed by atoms with E-state index in [0.29, 0.717) is 0 Å². The second-order valence-electron chi connectivity index (χ2n) is 25.3. The fraction of sp³-hybridized carbons (Fsp3) is 0.189. The second-order valence-corrected chi connectivity index (χ2v) is 25.3. The molecule has 1 aromatic heterocycles. The summed E-state index contributed by atoms with van der Waals surface area (Å²) in [6.07, 6.45) is 0. The molecule has 78 heavy (non-hydrogen) atoms. The summed E-state index contributed by atoms with van der Waals surface area (Å²) in [5.41, 5.74) is 34.1. The number of benzene rings is 10. The van der Waals surface area contributed by atoms with E-state index >= 15 is 0 Å². The summed E-state index contributed by atoms with van der Waals surface area (Å²) < 4.78 is 2.53. The van der Waals surface area contributed by atoms with Crippen LogP contribution in [0.5, 0.6) is 0 Å². The van der Waals surface area contributed by atoms with Crippen LogP contribution in [0.4, 0.5) is 34.1 Å². The maximum absolute atomic E-state index is 2.64. The Kier molecular flexibility index (Phi) is 9.70. The highest BCUT2D eigenvalue weighted by Gasteiger charge is 2.54. The van der Waals surface area contributed by atoms with Crippen LogP contribution in [-0.4, -0.2) is 11.3 Å². The first kappa shape index (κ1) is 46.9. The van der Waals surface area contributed by atoms with Crippen LogP contribution in [-0.2, 0) is 16.2 Å². The molecule has 0 saturated heterocycles. The number of anilines is 6. The van der Waals surface area contributed by atoms with Crippen LogP contribution in [0.1, 0.15) is 103 Å². The van der Waals surface area contributed by atoms with Crippen molar-refractivity contribution >= 4 is 79.0 Å². The van der Waals surface area contributed by atoms with Crippen molar-refractivity contribution in [2.45, 2.75) is 92.4 Å². The molecule has 11 aromatic rings. The van der Waals surface area contributed by atoms with Gasteiger partial charge in [0, 0.05) is 50.6 Å². The standard InChI is InChI=1S/C74H64BN3/c1-43-17-16-18-50(34-43)77-67-35-45(3)23-29-62(67)75-63-41-55-53-20-13-15-22-59(53)74(61(55)42-68(63)78(64-30-24-44(2)33-47(64)5)70-37-46(4)36-69(77)71(70)75)58-21-14-12-19-52(58)54-40-51(27-28-60(54)74)76-65-31-25-48(72(6,7)8)38-56(65)57-39-49(73(9,10)11)26-32-66(57)76/h12-42H,1-11H3. The van der Waals surface area contributed by atoms with Crippen LogP contribution >= 0.6 is 0 Å². The number of nitrogens with zero attached hydrogens (tertiary/aromatic N) is 3. The van der Waals surface area contributed by atoms with Gasteiger partial charge >= 0.3 is 0 Å². The molecule has 1 unspecified atom stereocenters. The minimum absolute atomic E-state index is 0.00541. The maximum Gasteiger partial charge on any atom is 0.252 e. The number of fused-ring (bicyclic) bond motifs is 17. The monoisotopic (exact) mass is 1010 g/mol. The van der Waals surface area contributed by atoms with Gasteiger partial charge in [0.1, 0.15) is 0 Å². The molecule has 4 heteroatoms. The number of hydrogen-bond acceptors (Lipinski definition) is 2. The van der Waals surface area contributed by atoms with E-state index in [9.17, 15) is 0 Å². The zero-order valence-electron chi connectivity index (χ0n) is 46.8. The van der Waals surface area contributed by atoms with Crippen LogP contribution < -0.4 is 26.2 Å². The van der Waals surface area contributed by atoms with Gasteiger partial charge in [-0.1, -0.05) is 156 Å². The number of aromatic nitrogens is 1. The average Bonchev–Trinajstić information content (AvgIpc) is 4.17. The molecule has 1 atom stereocenters. The molecule has 10 aromatic carbocycles. The second kappa shape index (κ2) is 16.1. The van der Waals surface area contributed by atoms with E-state index in [4.69, 9.17) is 0 Å². The molecule has 15 rings (SSSR count). The molecule has 1 spiro atoms. The van der Waals surface area contributed by atoms with Crippen molar-refractivity contribution in [1.82, 2.24) is 4.57 Å². The molecule has 0 amide bonds. The van der Waals surface area contributed by atoms with Gasteiger partial charge in [-0.05, 0) is 219 Å². The Balaban J connectivity index is 1.01. The van der Waals surface area contributed by atoms with Gasteiger partial charge in [-0.25, -0.2) is 0 Å². The van der Waals surface area contributed by atoms with Gasteiger partial charge in [0.25, 0.3) is 6.71 Å². The smallest absolute Gasteiger partial charge is 0.252 e. The van der Waals surface area contributed by atoms with Crippen LogP contribution in [0.3, 0.4) is 0 Å². The Labute approximate surface area is 460 Å². The Morgan fingerprint density at radius 1 is 0.359 bits per heavy atom. The minimum atomic E-state index is -0.564. The first-order chi connectivity index (χ1) is 37.5. The van der Waals surface area contributed by atoms with Gasteiger partial charge < -0.3 is 14.4 Å². The topological polar surface area (TPSA) is 11.4 Å². The highest BCUT2D eigenvalue weighted by molar-refractivity contribution is 7.00. The summed E-state index contributed by atoms with van der Waals surface area (Å²) in [5.74, 6) is 0. The summed E-state index contributed by atoms with van der Waals surface area (Å²) in [5, 5.41) is 2.61. The molecule has 2 aliphatic heterocycles. The average molecular weight is 1010 g/mol. The lowest BCUT2D eigenvalue weighted by atomic mass is 9.33. The van der Waals surface area contributed by atoms with Gasteiger partial charge in [0.2, 0.25) is 0 Å². The summed E-state index contributed by atoms with van der Waals surface area (Å²) >= 11 is 0. The third kappa shape index (κ3) is 6.41. The zero-order chi connectivity index (χ0) is 53.5. The Morgan fingerprint density at radius 2 is 0.923 bits per heavy atom. The van der Waals surface area contributed by atoms with Crippen molar-refractivity contribution in [1.29, 1.82) is 0 Å². The summed E-state index contributed by atoms with van der Waals surface area (Å²) in [6.45, 7) is 25.2. The van der Waals surface area contributed by atoms with E-state index in [1.807, 2.05) is 0 Å². The molecule has 3 nitrogen and oxygen atoms in total. The van der Waals surface area contributed by atoms with E-state index in [1.54, 1.807) is 0 Å². The van der Waals surface area contributed by atoms with E-state index in [2.05, 4.69) is 279 Å². The van der Waals surface area contributed by atoms with Crippen LogP contribution in [0.15, 0.2) is 188 Å². The Bertz CT molecular complexity index is 4370. The molecule has 3 heterocycles. The van der Waals surface area contributed by atoms with Crippen molar-refractivity contribution in [2.75, 3.05) is 9.80 Å². The molecule has 4 aliphatic rings. The third-order valence-electron chi connectivity index (χ3n) is 18.2. The molecule has 0 fully saturated rings. The van der Waals surface area contributed by atoms with Crippen molar-refractivity contribution in [3.63, 3.8) is 0 Å². The number of aryl methyl sites for hydroxylation is 5. The fourth-order valence-corrected chi connectivity index (χ4v) is 14.6. The van der Waals surface area contributed by atoms with Gasteiger partial charge in [-0.15, -0.1) is 0 Å². The van der Waals surface area contributed by atoms with Gasteiger partial charge in [0.15, 0.2) is 0 Å². The first-order valence-electron chi connectivity index (χ1n) is 28.1. The van der Waals surface area contributed by atoms with Crippen LogP contribution in [0.25, 0.3) is 49.7 Å². The summed E-state index contributed by atoms with van der Waals surface area (Å²) in [7, 11) is 0. The lowest BCUT2D eigenvalue weighted by molar-refractivity contribution is 0.590. The molecular weight excluding hydrogens is 942 g/mol. The van der Waals surface area contributed by atoms with E-state index < -0.39 is 5.41 Å². The highest BCUT2D eigenvalue weighted by atomic mass is 15.2. The first-order valence-corrected chi connectivity index (χ1v) is 28.1. The van der Waals surface area contributed by atoms with E-state index in [1.165, 1.54) is 161 Å². The summed E-state index contributed by atoms with van der Waals surface area (Å²) in [4.78, 5) is 5.19. The molecule has 2 aliphatic carbocycles. The van der Waals surface area contributed by atoms with Crippen LogP contribution in [0, 0.1) is 34.6 Å². The number of rotatable bonds is 3. The largest absolute Gasteiger partial charge is 0.311 e. The van der Waals surface area contributed by atoms with Gasteiger partial charge in [0.05, 0.1) is 16.4 Å². The Morgan fingerprint density at radius 3 is 1.56 bits per heavy atom. The third-order valence-corrected chi connectivity index (χ3v) is 18.2. The normalized spacial score (nSPS) is 15.6. The molecule has 0 N–H and O–H groups in total. The van der Waals surface area contributed by atoms with Gasteiger partial charge in [-0.2, -0.15) is 0 Å². The minimum Gasteiger partial charge on any atom is -0.311 e. The van der Waals surface area contributed by atoms with Crippen molar-refractivity contribution in [3.05, 3.63) is 249 Å². The quantitative estimate of drug-likeness (QED) is 0.163. The summed E-state index contributed by atoms with van der Waals surface area (Å²) in [6, 6.07) is 73.8. The highest BCUT2D eigenvalue weighted by Crippen LogP contribution is 2.64. The van der Waals surface area contributed by atoms with E-state index in [0.717, 1.165) is 0 Å². The van der Waals surface area contributed by atoms with Crippen molar-refractivity contribution < 1.29 is 0 Å². The molecule has 378 valence electrons. The molecular formula is C74H64BN3. The van der Waals surface area contributed by atoms with Crippen molar-refractivity contribution in [3.8, 4) is 27.9 Å². The lowest BCUT2D eigenvalue weighted by Gasteiger charge is -2.45. The Hall–Kier alpha value is -8.34. The lowest BCUT2D eigenvalue weighted by Crippen LogP contribution is -2.61. The SMILES string of the molecule is Cc1cccc(N2c3cc(C)ccc3B3c4cc5c(cc4N(c4ccc(C)cc4C)c4cc(C)cc2c43)C2(c3ccccc3-c3cc(-n4c6ccc(C(C)(C)C)cc6c6cc(C(C)(C)C)ccc64)ccc32)c2ccccc2-5)c1. The fourth-order valence-electron chi connectivity index (χ4n) is 14.6. The zero-order valence-corrected chi connectivity index (χ0v) is 46.8. The molecule has 0 radical (unpaired) electrons. The number of hydrogen-bond donors (Lipinski definition) is 0. The van der Waals surface area contributed by atoms with E-state index in [-0.39, 0.29) is 17.5 Å². The molecule has 0 bridgehead atoms. The van der Waals surface area contributed by atoms with Crippen LogP contribution in [0.2, 0.25) is 0 Å². The van der Waals surface area contributed by atoms with Gasteiger partial charge in [-0.3, -0.25) is 0 Å². The predicted molar refractivity (Wildman–Crippen MR) is 332 cm³/mol. The van der Waals surface area contributed by atoms with Crippen molar-refractivity contribution in [2.24, 2.45) is 0 Å². The predicted octanol–water partition coefficient (Wildman–Crippen LogP) is 17.3. The molecule has 0 saturated carbocycles.